The van der Waals surface area contributed by atoms with E-state index in [-0.39, 0.29) is 17.7 Å². The Kier molecular flexibility index (Phi) is 4.65. The van der Waals surface area contributed by atoms with Crippen molar-refractivity contribution < 1.29 is 18.3 Å². The molecule has 0 aliphatic heterocycles. The largest absolute Gasteiger partial charge is 0.388 e. The molecular formula is C16H16F3NO. The molecule has 0 radical (unpaired) electrons. The first-order valence-electron chi connectivity index (χ1n) is 6.53. The number of halogens is 3. The highest BCUT2D eigenvalue weighted by molar-refractivity contribution is 5.31. The van der Waals surface area contributed by atoms with E-state index in [1.165, 1.54) is 6.07 Å². The maximum absolute atomic E-state index is 14.1. The van der Waals surface area contributed by atoms with E-state index in [0.717, 1.165) is 18.2 Å². The number of rotatable bonds is 4. The summed E-state index contributed by atoms with van der Waals surface area (Å²) in [5.41, 5.74) is 6.25. The Hall–Kier alpha value is -1.85. The predicted octanol–water partition coefficient (Wildman–Crippen LogP) is 3.19. The van der Waals surface area contributed by atoms with Crippen LogP contribution in [0.15, 0.2) is 36.4 Å². The van der Waals surface area contributed by atoms with Crippen molar-refractivity contribution in [2.45, 2.75) is 18.9 Å². The van der Waals surface area contributed by atoms with Gasteiger partial charge in [0.1, 0.15) is 17.5 Å². The fourth-order valence-corrected chi connectivity index (χ4v) is 2.35. The van der Waals surface area contributed by atoms with E-state index < -0.39 is 29.5 Å². The number of hydrogen-bond acceptors (Lipinski definition) is 2. The van der Waals surface area contributed by atoms with Crippen molar-refractivity contribution in [3.05, 3.63) is 70.5 Å². The zero-order chi connectivity index (χ0) is 15.6. The zero-order valence-electron chi connectivity index (χ0n) is 11.5. The smallest absolute Gasteiger partial charge is 0.131 e. The van der Waals surface area contributed by atoms with Crippen molar-refractivity contribution in [2.24, 2.45) is 5.73 Å². The highest BCUT2D eigenvalue weighted by Crippen LogP contribution is 2.33. The summed E-state index contributed by atoms with van der Waals surface area (Å²) in [5, 5.41) is 10.4. The summed E-state index contributed by atoms with van der Waals surface area (Å²) in [6.07, 6.45) is -1.28. The molecule has 21 heavy (non-hydrogen) atoms. The van der Waals surface area contributed by atoms with Crippen LogP contribution < -0.4 is 5.73 Å². The molecule has 2 rings (SSSR count). The third-order valence-electron chi connectivity index (χ3n) is 3.49. The molecule has 0 saturated heterocycles. The maximum Gasteiger partial charge on any atom is 0.131 e. The topological polar surface area (TPSA) is 46.2 Å². The van der Waals surface area contributed by atoms with Crippen LogP contribution in [0.25, 0.3) is 0 Å². The lowest BCUT2D eigenvalue weighted by molar-refractivity contribution is 0.142. The van der Waals surface area contributed by atoms with Crippen molar-refractivity contribution in [1.29, 1.82) is 0 Å². The Morgan fingerprint density at radius 2 is 1.71 bits per heavy atom. The first-order valence-corrected chi connectivity index (χ1v) is 6.53. The van der Waals surface area contributed by atoms with Gasteiger partial charge in [-0.05, 0) is 30.2 Å². The average molecular weight is 295 g/mol. The number of aliphatic hydroxyl groups excluding tert-OH is 1. The summed E-state index contributed by atoms with van der Waals surface area (Å²) in [7, 11) is 0. The zero-order valence-corrected chi connectivity index (χ0v) is 11.5. The standard InChI is InChI=1S/C16H16F3NO/c1-9-3-2-4-13(15(9)19)16(21)14(8-20)10-5-11(17)7-12(18)6-10/h2-7,14,16,21H,8,20H2,1H3. The molecular weight excluding hydrogens is 279 g/mol. The van der Waals surface area contributed by atoms with Gasteiger partial charge in [0.2, 0.25) is 0 Å². The van der Waals surface area contributed by atoms with Gasteiger partial charge < -0.3 is 10.8 Å². The van der Waals surface area contributed by atoms with Crippen molar-refractivity contribution in [3.8, 4) is 0 Å². The van der Waals surface area contributed by atoms with E-state index in [1.807, 2.05) is 0 Å². The van der Waals surface area contributed by atoms with Crippen LogP contribution in [0.3, 0.4) is 0 Å². The molecule has 5 heteroatoms. The fourth-order valence-electron chi connectivity index (χ4n) is 2.35. The van der Waals surface area contributed by atoms with Crippen molar-refractivity contribution >= 4 is 0 Å². The molecule has 0 aliphatic carbocycles. The summed E-state index contributed by atoms with van der Waals surface area (Å²) >= 11 is 0. The molecule has 2 unspecified atom stereocenters. The lowest BCUT2D eigenvalue weighted by atomic mass is 9.88. The lowest BCUT2D eigenvalue weighted by Crippen LogP contribution is -2.21. The Bertz CT molecular complexity index is 625. The number of nitrogens with two attached hydrogens (primary N) is 1. The maximum atomic E-state index is 14.1. The molecule has 0 aromatic heterocycles. The molecule has 112 valence electrons. The highest BCUT2D eigenvalue weighted by Gasteiger charge is 2.25. The van der Waals surface area contributed by atoms with Crippen LogP contribution >= 0.6 is 0 Å². The van der Waals surface area contributed by atoms with Crippen molar-refractivity contribution in [2.75, 3.05) is 6.54 Å². The van der Waals surface area contributed by atoms with Crippen LogP contribution in [0.5, 0.6) is 0 Å². The summed E-state index contributed by atoms with van der Waals surface area (Å²) in [5.74, 6) is -2.87. The molecule has 0 amide bonds. The van der Waals surface area contributed by atoms with Crippen LogP contribution in [0.1, 0.15) is 28.7 Å². The second kappa shape index (κ2) is 6.28. The first kappa shape index (κ1) is 15.5. The highest BCUT2D eigenvalue weighted by atomic mass is 19.1. The minimum Gasteiger partial charge on any atom is -0.388 e. The summed E-state index contributed by atoms with van der Waals surface area (Å²) in [6.45, 7) is 1.50. The van der Waals surface area contributed by atoms with E-state index in [4.69, 9.17) is 5.73 Å². The molecule has 2 nitrogen and oxygen atoms in total. The Morgan fingerprint density at radius 3 is 2.29 bits per heavy atom. The molecule has 0 saturated carbocycles. The van der Waals surface area contributed by atoms with Crippen molar-refractivity contribution in [1.82, 2.24) is 0 Å². The molecule has 0 aliphatic rings. The average Bonchev–Trinajstić information content (AvgIpc) is 2.41. The Labute approximate surface area is 121 Å². The molecule has 2 aromatic rings. The molecule has 2 atom stereocenters. The van der Waals surface area contributed by atoms with Gasteiger partial charge >= 0.3 is 0 Å². The normalized spacial score (nSPS) is 14.0. The van der Waals surface area contributed by atoms with Gasteiger partial charge in [-0.3, -0.25) is 0 Å². The van der Waals surface area contributed by atoms with Gasteiger partial charge in [0, 0.05) is 24.1 Å². The number of aryl methyl sites for hydroxylation is 1. The third kappa shape index (κ3) is 3.25. The van der Waals surface area contributed by atoms with E-state index in [1.54, 1.807) is 19.1 Å². The number of benzene rings is 2. The summed E-state index contributed by atoms with van der Waals surface area (Å²) in [4.78, 5) is 0. The van der Waals surface area contributed by atoms with Gasteiger partial charge in [-0.1, -0.05) is 18.2 Å². The van der Waals surface area contributed by atoms with Crippen LogP contribution in [0, 0.1) is 24.4 Å². The Balaban J connectivity index is 2.43. The van der Waals surface area contributed by atoms with E-state index in [9.17, 15) is 18.3 Å². The molecule has 0 spiro atoms. The van der Waals surface area contributed by atoms with Crippen LogP contribution in [-0.2, 0) is 0 Å². The van der Waals surface area contributed by atoms with Gasteiger partial charge in [-0.25, -0.2) is 13.2 Å². The predicted molar refractivity (Wildman–Crippen MR) is 74.3 cm³/mol. The van der Waals surface area contributed by atoms with Gasteiger partial charge in [-0.2, -0.15) is 0 Å². The van der Waals surface area contributed by atoms with E-state index in [2.05, 4.69) is 0 Å². The first-order chi connectivity index (χ1) is 9.93. The van der Waals surface area contributed by atoms with Crippen LogP contribution in [0.4, 0.5) is 13.2 Å². The van der Waals surface area contributed by atoms with E-state index >= 15 is 0 Å². The minimum absolute atomic E-state index is 0.0649. The monoisotopic (exact) mass is 295 g/mol. The molecule has 3 N–H and O–H groups in total. The van der Waals surface area contributed by atoms with Gasteiger partial charge in [0.15, 0.2) is 0 Å². The number of aliphatic hydroxyl groups is 1. The quantitative estimate of drug-likeness (QED) is 0.910. The van der Waals surface area contributed by atoms with E-state index in [0.29, 0.717) is 5.56 Å². The van der Waals surface area contributed by atoms with Crippen LogP contribution in [-0.4, -0.2) is 11.7 Å². The van der Waals surface area contributed by atoms with Crippen molar-refractivity contribution in [3.63, 3.8) is 0 Å². The third-order valence-corrected chi connectivity index (χ3v) is 3.49. The second-order valence-electron chi connectivity index (χ2n) is 4.97. The van der Waals surface area contributed by atoms with Gasteiger partial charge in [0.25, 0.3) is 0 Å². The number of hydrogen-bond donors (Lipinski definition) is 2. The van der Waals surface area contributed by atoms with Gasteiger partial charge in [0.05, 0.1) is 6.10 Å². The summed E-state index contributed by atoms with van der Waals surface area (Å²) < 4.78 is 40.7. The van der Waals surface area contributed by atoms with Gasteiger partial charge in [-0.15, -0.1) is 0 Å². The lowest BCUT2D eigenvalue weighted by Gasteiger charge is -2.23. The molecule has 2 aromatic carbocycles. The SMILES string of the molecule is Cc1cccc(C(O)C(CN)c2cc(F)cc(F)c2)c1F. The Morgan fingerprint density at radius 1 is 1.10 bits per heavy atom. The summed E-state index contributed by atoms with van der Waals surface area (Å²) in [6, 6.07) is 7.54. The minimum atomic E-state index is -1.28. The molecule has 0 bridgehead atoms. The molecule has 0 fully saturated rings. The molecule has 0 heterocycles. The second-order valence-corrected chi connectivity index (χ2v) is 4.97. The fraction of sp³-hybridized carbons (Fsp3) is 0.250. The van der Waals surface area contributed by atoms with Crippen LogP contribution in [0.2, 0.25) is 0 Å².